The predicted molar refractivity (Wildman–Crippen MR) is 215 cm³/mol. The highest BCUT2D eigenvalue weighted by molar-refractivity contribution is 6.70. The number of hydrogen-bond acceptors (Lipinski definition) is 5. The second kappa shape index (κ2) is 16.6. The number of aliphatic carboxylic acids is 1. The van der Waals surface area contributed by atoms with Crippen molar-refractivity contribution in [3.8, 4) is 0 Å². The molecule has 2 aliphatic rings. The number of fused-ring (bicyclic) bond motifs is 2. The molecule has 0 radical (unpaired) electrons. The number of likely N-dealkylation sites (N-methyl/N-ethyl adjacent to an activating group) is 1. The van der Waals surface area contributed by atoms with Crippen LogP contribution in [-0.2, 0) is 29.3 Å². The van der Waals surface area contributed by atoms with Crippen LogP contribution in [0.25, 0.3) is 0 Å². The van der Waals surface area contributed by atoms with Gasteiger partial charge in [-0.3, -0.25) is 9.59 Å². The summed E-state index contributed by atoms with van der Waals surface area (Å²) < 4.78 is 15.4. The van der Waals surface area contributed by atoms with Crippen molar-refractivity contribution in [2.24, 2.45) is 0 Å². The van der Waals surface area contributed by atoms with E-state index in [1.54, 1.807) is 0 Å². The molecule has 0 aliphatic carbocycles. The Morgan fingerprint density at radius 2 is 1.58 bits per heavy atom. The Morgan fingerprint density at radius 1 is 0.942 bits per heavy atom. The maximum atomic E-state index is 12.8. The van der Waals surface area contributed by atoms with Crippen LogP contribution < -0.4 is 10.2 Å². The molecule has 2 aromatic rings. The van der Waals surface area contributed by atoms with E-state index in [-0.39, 0.29) is 34.2 Å². The molecule has 0 bridgehead atoms. The Balaban J connectivity index is 1.33. The number of nitrogens with one attached hydrogen (secondary N) is 1. The minimum Gasteiger partial charge on any atom is -0.481 e. The molecule has 0 atom stereocenters. The van der Waals surface area contributed by atoms with E-state index < -0.39 is 20.1 Å². The maximum absolute atomic E-state index is 12.8. The molecule has 284 valence electrons. The Hall–Kier alpha value is -3.53. The number of allylic oxidation sites excluding steroid dienone is 4. The first kappa shape index (κ1) is 41.2. The zero-order valence-electron chi connectivity index (χ0n) is 33.6. The lowest BCUT2D eigenvalue weighted by Gasteiger charge is -2.43. The molecule has 0 saturated carbocycles. The van der Waals surface area contributed by atoms with Crippen molar-refractivity contribution < 1.29 is 28.1 Å². The monoisotopic (exact) mass is 730 g/mol. The van der Waals surface area contributed by atoms with Gasteiger partial charge in [0.1, 0.15) is 6.54 Å². The fraction of sp³-hybridized carbons (Fsp3) is 0.558. The summed E-state index contributed by atoms with van der Waals surface area (Å²) in [6.45, 7) is 22.8. The van der Waals surface area contributed by atoms with Crippen molar-refractivity contribution >= 4 is 37.5 Å². The first-order chi connectivity index (χ1) is 24.3. The molecule has 2 N–H and O–H groups in total. The quantitative estimate of drug-likeness (QED) is 0.0904. The van der Waals surface area contributed by atoms with Crippen LogP contribution in [0.4, 0.5) is 11.4 Å². The fourth-order valence-corrected chi connectivity index (χ4v) is 12.1. The smallest absolute Gasteiger partial charge is 0.343 e. The second-order valence-electron chi connectivity index (χ2n) is 16.8. The SMILES string of the molecule is CC(C)[Si](OCCNC(=O)CCCCC[N+]1=C(/C=C/C=C2/N(C)c3ccccc3C2(C)C)C(C)(C)c2ccccc21)(OC(C)(C)CC(=O)O)C(C)C. The lowest BCUT2D eigenvalue weighted by Crippen LogP contribution is -2.54. The summed E-state index contributed by atoms with van der Waals surface area (Å²) in [5.74, 6) is -0.871. The zero-order valence-corrected chi connectivity index (χ0v) is 34.6. The summed E-state index contributed by atoms with van der Waals surface area (Å²) in [5.41, 5.74) is 6.99. The Labute approximate surface area is 314 Å². The van der Waals surface area contributed by atoms with Gasteiger partial charge in [0.05, 0.1) is 24.0 Å². The predicted octanol–water partition coefficient (Wildman–Crippen LogP) is 9.16. The highest BCUT2D eigenvalue weighted by atomic mass is 28.4. The van der Waals surface area contributed by atoms with Crippen LogP contribution in [0.3, 0.4) is 0 Å². The Kier molecular flexibility index (Phi) is 13.2. The zero-order chi connectivity index (χ0) is 38.5. The van der Waals surface area contributed by atoms with Gasteiger partial charge >= 0.3 is 14.5 Å². The molecule has 8 nitrogen and oxygen atoms in total. The molecule has 0 saturated heterocycles. The highest BCUT2D eigenvalue weighted by Crippen LogP contribution is 2.47. The molecular weight excluding hydrogens is 667 g/mol. The molecule has 2 aromatic carbocycles. The highest BCUT2D eigenvalue weighted by Gasteiger charge is 2.49. The van der Waals surface area contributed by atoms with E-state index in [4.69, 9.17) is 8.85 Å². The van der Waals surface area contributed by atoms with Crippen molar-refractivity contribution in [1.29, 1.82) is 0 Å². The average Bonchev–Trinajstić information content (AvgIpc) is 3.39. The number of anilines is 1. The summed E-state index contributed by atoms with van der Waals surface area (Å²) in [6, 6.07) is 17.4. The van der Waals surface area contributed by atoms with Gasteiger partial charge in [-0.05, 0) is 69.3 Å². The van der Waals surface area contributed by atoms with E-state index in [1.165, 1.54) is 33.9 Å². The molecule has 0 unspecified atom stereocenters. The molecule has 2 heterocycles. The van der Waals surface area contributed by atoms with E-state index in [9.17, 15) is 14.7 Å². The third-order valence-electron chi connectivity index (χ3n) is 10.9. The first-order valence-electron chi connectivity index (χ1n) is 19.1. The molecule has 2 aliphatic heterocycles. The van der Waals surface area contributed by atoms with Crippen LogP contribution in [0.15, 0.2) is 72.5 Å². The van der Waals surface area contributed by atoms with Gasteiger partial charge in [-0.25, -0.2) is 0 Å². The Morgan fingerprint density at radius 3 is 2.21 bits per heavy atom. The summed E-state index contributed by atoms with van der Waals surface area (Å²) in [7, 11) is -0.627. The number of para-hydroxylation sites is 2. The normalized spacial score (nSPS) is 17.5. The molecule has 9 heteroatoms. The minimum absolute atomic E-state index is 0.0231. The number of carbonyl (C=O) groups is 2. The summed E-state index contributed by atoms with van der Waals surface area (Å²) in [6.07, 6.45) is 9.91. The van der Waals surface area contributed by atoms with E-state index in [2.05, 4.69) is 144 Å². The topological polar surface area (TPSA) is 91.1 Å². The third-order valence-corrected chi connectivity index (χ3v) is 15.7. The molecule has 52 heavy (non-hydrogen) atoms. The first-order valence-corrected chi connectivity index (χ1v) is 21.1. The van der Waals surface area contributed by atoms with Crippen LogP contribution >= 0.6 is 0 Å². The number of nitrogens with zero attached hydrogens (tertiary/aromatic N) is 2. The van der Waals surface area contributed by atoms with Crippen molar-refractivity contribution in [2.75, 3.05) is 31.6 Å². The summed E-state index contributed by atoms with van der Waals surface area (Å²) in [5, 5.41) is 12.4. The number of unbranched alkanes of at least 4 members (excludes halogenated alkanes) is 2. The Bertz CT molecular complexity index is 1680. The number of carbonyl (C=O) groups excluding carboxylic acids is 1. The van der Waals surface area contributed by atoms with E-state index in [1.807, 2.05) is 13.8 Å². The average molecular weight is 731 g/mol. The number of carboxylic acid groups (broad SMARTS) is 1. The van der Waals surface area contributed by atoms with Crippen molar-refractivity contribution in [3.05, 3.63) is 83.6 Å². The molecule has 0 spiro atoms. The van der Waals surface area contributed by atoms with E-state index in [0.717, 1.165) is 25.8 Å². The van der Waals surface area contributed by atoms with Crippen LogP contribution in [0.5, 0.6) is 0 Å². The standard InChI is InChI=1S/C43H63N3O5Si/c1-31(2)52(32(3)4,51-41(5,6)30-40(48)49)50-29-27-44-39(47)26-13-12-18-28-46-36-23-17-15-21-34(36)43(9,10)38(46)25-19-24-37-42(7,8)33-20-14-16-22-35(33)45(37)11/h14-17,19-25,31-32H,12-13,18,26-30H2,1-11H3,(H-,44,47,48,49)/p+1. The number of carboxylic acids is 1. The second-order valence-corrected chi connectivity index (χ2v) is 21.0. The molecule has 1 amide bonds. The van der Waals surface area contributed by atoms with Gasteiger partial charge in [0.25, 0.3) is 0 Å². The van der Waals surface area contributed by atoms with Gasteiger partial charge in [-0.2, -0.15) is 4.58 Å². The van der Waals surface area contributed by atoms with Crippen LogP contribution in [0, 0.1) is 0 Å². The van der Waals surface area contributed by atoms with Gasteiger partial charge in [0.2, 0.25) is 11.6 Å². The number of benzene rings is 2. The summed E-state index contributed by atoms with van der Waals surface area (Å²) >= 11 is 0. The van der Waals surface area contributed by atoms with E-state index in [0.29, 0.717) is 19.6 Å². The van der Waals surface area contributed by atoms with Crippen molar-refractivity contribution in [3.63, 3.8) is 0 Å². The summed E-state index contributed by atoms with van der Waals surface area (Å²) in [4.78, 5) is 26.5. The molecular formula is C43H64N3O5Si+. The number of hydrogen-bond donors (Lipinski definition) is 2. The van der Waals surface area contributed by atoms with Crippen LogP contribution in [0.2, 0.25) is 11.1 Å². The van der Waals surface area contributed by atoms with Gasteiger partial charge in [-0.1, -0.05) is 84.0 Å². The molecule has 0 aromatic heterocycles. The minimum atomic E-state index is -2.78. The van der Waals surface area contributed by atoms with Crippen LogP contribution in [0.1, 0.15) is 112 Å². The van der Waals surface area contributed by atoms with E-state index >= 15 is 0 Å². The molecule has 0 fully saturated rings. The van der Waals surface area contributed by atoms with Gasteiger partial charge in [0, 0.05) is 60.9 Å². The number of amides is 1. The molecule has 4 rings (SSSR count). The fourth-order valence-electron chi connectivity index (χ4n) is 8.23. The van der Waals surface area contributed by atoms with Crippen LogP contribution in [-0.4, -0.2) is 68.2 Å². The largest absolute Gasteiger partial charge is 0.481 e. The lowest BCUT2D eigenvalue weighted by molar-refractivity contribution is -0.438. The third kappa shape index (κ3) is 8.97. The van der Waals surface area contributed by atoms with Gasteiger partial charge < -0.3 is 24.2 Å². The number of rotatable bonds is 18. The van der Waals surface area contributed by atoms with Crippen molar-refractivity contribution in [2.45, 2.75) is 129 Å². The maximum Gasteiger partial charge on any atom is 0.343 e. The lowest BCUT2D eigenvalue weighted by atomic mass is 9.81. The van der Waals surface area contributed by atoms with Crippen molar-refractivity contribution in [1.82, 2.24) is 5.32 Å². The van der Waals surface area contributed by atoms with Gasteiger partial charge in [-0.15, -0.1) is 0 Å². The van der Waals surface area contributed by atoms with Gasteiger partial charge in [0.15, 0.2) is 5.71 Å².